The van der Waals surface area contributed by atoms with Gasteiger partial charge in [0.15, 0.2) is 0 Å². The standard InChI is InChI=1S/C25H21NO5/c1-2-14-30-19-12-10-18(11-13-19)23(27)21-22(17-7-4-3-5-8-17)26(25(29)24(21)28)16-20-9-6-15-31-20/h2-13,15,22,27H,1,14,16H2/t22-/m1/s1. The minimum Gasteiger partial charge on any atom is -0.507 e. The Hall–Kier alpha value is -4.06. The lowest BCUT2D eigenvalue weighted by Gasteiger charge is -2.24. The third-order valence-electron chi connectivity index (χ3n) is 5.06. The molecule has 0 bridgehead atoms. The molecular formula is C25H21NO5. The molecule has 156 valence electrons. The molecule has 3 aromatic rings. The van der Waals surface area contributed by atoms with E-state index in [1.54, 1.807) is 42.5 Å². The van der Waals surface area contributed by atoms with Crippen LogP contribution in [0.25, 0.3) is 5.76 Å². The van der Waals surface area contributed by atoms with Crippen LogP contribution in [-0.4, -0.2) is 28.3 Å². The Morgan fingerprint density at radius 3 is 2.45 bits per heavy atom. The summed E-state index contributed by atoms with van der Waals surface area (Å²) >= 11 is 0. The molecule has 0 radical (unpaired) electrons. The van der Waals surface area contributed by atoms with E-state index in [2.05, 4.69) is 6.58 Å². The Kier molecular flexibility index (Phi) is 5.71. The van der Waals surface area contributed by atoms with Gasteiger partial charge in [-0.3, -0.25) is 9.59 Å². The number of ketones is 1. The summed E-state index contributed by atoms with van der Waals surface area (Å²) in [6.07, 6.45) is 3.15. The highest BCUT2D eigenvalue weighted by molar-refractivity contribution is 6.46. The third-order valence-corrected chi connectivity index (χ3v) is 5.06. The predicted octanol–water partition coefficient (Wildman–Crippen LogP) is 4.47. The van der Waals surface area contributed by atoms with Crippen LogP contribution < -0.4 is 4.74 Å². The first-order chi connectivity index (χ1) is 15.1. The van der Waals surface area contributed by atoms with Crippen molar-refractivity contribution >= 4 is 17.4 Å². The molecule has 1 aliphatic rings. The fraction of sp³-hybridized carbons (Fsp3) is 0.120. The summed E-state index contributed by atoms with van der Waals surface area (Å²) in [5.74, 6) is -0.493. The van der Waals surface area contributed by atoms with Crippen LogP contribution in [0, 0.1) is 0 Å². The second-order valence-corrected chi connectivity index (χ2v) is 7.04. The molecule has 1 N–H and O–H groups in total. The summed E-state index contributed by atoms with van der Waals surface area (Å²) in [6, 6.07) is 18.6. The Morgan fingerprint density at radius 1 is 1.06 bits per heavy atom. The van der Waals surface area contributed by atoms with Crippen LogP contribution in [0.1, 0.15) is 22.9 Å². The van der Waals surface area contributed by atoms with Gasteiger partial charge in [-0.15, -0.1) is 0 Å². The molecule has 1 amide bonds. The first-order valence-electron chi connectivity index (χ1n) is 9.80. The molecule has 1 aliphatic heterocycles. The van der Waals surface area contributed by atoms with Crippen molar-refractivity contribution in [3.05, 3.63) is 108 Å². The van der Waals surface area contributed by atoms with Gasteiger partial charge in [0.1, 0.15) is 23.9 Å². The summed E-state index contributed by atoms with van der Waals surface area (Å²) in [5.41, 5.74) is 1.19. The van der Waals surface area contributed by atoms with Crippen molar-refractivity contribution in [2.24, 2.45) is 0 Å². The summed E-state index contributed by atoms with van der Waals surface area (Å²) < 4.78 is 10.8. The highest BCUT2D eigenvalue weighted by atomic mass is 16.5. The summed E-state index contributed by atoms with van der Waals surface area (Å²) in [4.78, 5) is 27.3. The van der Waals surface area contributed by atoms with Crippen molar-refractivity contribution in [2.45, 2.75) is 12.6 Å². The molecule has 1 atom stereocenters. The maximum Gasteiger partial charge on any atom is 0.296 e. The normalized spacial score (nSPS) is 17.7. The topological polar surface area (TPSA) is 80.0 Å². The van der Waals surface area contributed by atoms with E-state index < -0.39 is 17.7 Å². The number of Topliss-reactive ketones (excluding diaryl/α,β-unsaturated/α-hetero) is 1. The predicted molar refractivity (Wildman–Crippen MR) is 115 cm³/mol. The monoisotopic (exact) mass is 415 g/mol. The third kappa shape index (κ3) is 4.00. The number of furan rings is 1. The highest BCUT2D eigenvalue weighted by Crippen LogP contribution is 2.40. The SMILES string of the molecule is C=CCOc1ccc(C(O)=C2C(=O)C(=O)N(Cc3ccco3)[C@@H]2c2ccccc2)cc1. The van der Waals surface area contributed by atoms with Gasteiger partial charge in [-0.1, -0.05) is 43.0 Å². The van der Waals surface area contributed by atoms with Crippen molar-refractivity contribution in [3.8, 4) is 5.75 Å². The molecule has 0 unspecified atom stereocenters. The average Bonchev–Trinajstić information content (AvgIpc) is 3.40. The summed E-state index contributed by atoms with van der Waals surface area (Å²) in [5, 5.41) is 11.1. The number of hydrogen-bond donors (Lipinski definition) is 1. The van der Waals surface area contributed by atoms with Gasteiger partial charge in [-0.05, 0) is 42.0 Å². The van der Waals surface area contributed by atoms with Crippen molar-refractivity contribution in [2.75, 3.05) is 6.61 Å². The van der Waals surface area contributed by atoms with E-state index in [0.29, 0.717) is 23.7 Å². The quantitative estimate of drug-likeness (QED) is 0.267. The number of aliphatic hydroxyl groups is 1. The minimum absolute atomic E-state index is 0.0440. The summed E-state index contributed by atoms with van der Waals surface area (Å²) in [7, 11) is 0. The first kappa shape index (κ1) is 20.2. The van der Waals surface area contributed by atoms with E-state index in [-0.39, 0.29) is 17.9 Å². The number of likely N-dealkylation sites (tertiary alicyclic amines) is 1. The molecule has 6 nitrogen and oxygen atoms in total. The number of hydrogen-bond acceptors (Lipinski definition) is 5. The molecule has 0 saturated carbocycles. The lowest BCUT2D eigenvalue weighted by atomic mass is 9.95. The van der Waals surface area contributed by atoms with Crippen molar-refractivity contribution in [3.63, 3.8) is 0 Å². The molecule has 1 fully saturated rings. The minimum atomic E-state index is -0.733. The molecule has 6 heteroatoms. The van der Waals surface area contributed by atoms with Crippen LogP contribution in [0.4, 0.5) is 0 Å². The molecule has 0 spiro atoms. The number of benzene rings is 2. The lowest BCUT2D eigenvalue weighted by molar-refractivity contribution is -0.140. The number of carbonyl (C=O) groups excluding carboxylic acids is 2. The smallest absolute Gasteiger partial charge is 0.296 e. The van der Waals surface area contributed by atoms with Crippen molar-refractivity contribution < 1.29 is 23.8 Å². The fourth-order valence-corrected chi connectivity index (χ4v) is 3.62. The number of rotatable bonds is 7. The summed E-state index contributed by atoms with van der Waals surface area (Å²) in [6.45, 7) is 4.08. The molecule has 0 aliphatic carbocycles. The lowest BCUT2D eigenvalue weighted by Crippen LogP contribution is -2.29. The van der Waals surface area contributed by atoms with Gasteiger partial charge >= 0.3 is 0 Å². The molecule has 4 rings (SSSR count). The zero-order valence-corrected chi connectivity index (χ0v) is 16.7. The van der Waals surface area contributed by atoms with Gasteiger partial charge in [0.05, 0.1) is 24.4 Å². The van der Waals surface area contributed by atoms with Gasteiger partial charge in [-0.25, -0.2) is 0 Å². The molecule has 31 heavy (non-hydrogen) atoms. The fourth-order valence-electron chi connectivity index (χ4n) is 3.62. The van der Waals surface area contributed by atoms with Gasteiger partial charge in [0, 0.05) is 5.56 Å². The number of ether oxygens (including phenoxy) is 1. The molecule has 2 heterocycles. The Labute approximate surface area is 179 Å². The zero-order valence-electron chi connectivity index (χ0n) is 16.7. The second-order valence-electron chi connectivity index (χ2n) is 7.04. The average molecular weight is 415 g/mol. The van der Waals surface area contributed by atoms with Crippen molar-refractivity contribution in [1.29, 1.82) is 0 Å². The van der Waals surface area contributed by atoms with E-state index >= 15 is 0 Å². The Balaban J connectivity index is 1.77. The molecule has 1 saturated heterocycles. The Morgan fingerprint density at radius 2 is 1.81 bits per heavy atom. The van der Waals surface area contributed by atoms with Crippen molar-refractivity contribution in [1.82, 2.24) is 4.90 Å². The van der Waals surface area contributed by atoms with E-state index in [1.165, 1.54) is 11.2 Å². The van der Waals surface area contributed by atoms with E-state index in [9.17, 15) is 14.7 Å². The van der Waals surface area contributed by atoms with Gasteiger partial charge in [-0.2, -0.15) is 0 Å². The maximum absolute atomic E-state index is 13.0. The molecular weight excluding hydrogens is 394 g/mol. The van der Waals surface area contributed by atoms with E-state index in [1.807, 2.05) is 30.3 Å². The number of amides is 1. The molecule has 1 aromatic heterocycles. The number of aliphatic hydroxyl groups excluding tert-OH is 1. The van der Waals surface area contributed by atoms with Gasteiger partial charge in [0.2, 0.25) is 0 Å². The molecule has 2 aromatic carbocycles. The maximum atomic E-state index is 13.0. The Bertz CT molecular complexity index is 1110. The van der Waals surface area contributed by atoms with Crippen LogP contribution in [0.15, 0.2) is 95.6 Å². The van der Waals surface area contributed by atoms with Crippen LogP contribution in [0.2, 0.25) is 0 Å². The zero-order chi connectivity index (χ0) is 21.8. The second kappa shape index (κ2) is 8.75. The van der Waals surface area contributed by atoms with Gasteiger partial charge in [0.25, 0.3) is 11.7 Å². The first-order valence-corrected chi connectivity index (χ1v) is 9.80. The van der Waals surface area contributed by atoms with Crippen LogP contribution in [0.3, 0.4) is 0 Å². The van der Waals surface area contributed by atoms with E-state index in [0.717, 1.165) is 5.56 Å². The number of carbonyl (C=O) groups is 2. The number of nitrogens with zero attached hydrogens (tertiary/aromatic N) is 1. The van der Waals surface area contributed by atoms with Crippen LogP contribution in [0.5, 0.6) is 5.75 Å². The van der Waals surface area contributed by atoms with E-state index in [4.69, 9.17) is 9.15 Å². The largest absolute Gasteiger partial charge is 0.507 e. The van der Waals surface area contributed by atoms with Gasteiger partial charge < -0.3 is 19.2 Å². The van der Waals surface area contributed by atoms with Crippen LogP contribution >= 0.6 is 0 Å². The highest BCUT2D eigenvalue weighted by Gasteiger charge is 2.46. The van der Waals surface area contributed by atoms with Crippen LogP contribution in [-0.2, 0) is 16.1 Å².